The summed E-state index contributed by atoms with van der Waals surface area (Å²) in [6, 6.07) is 4.17. The summed E-state index contributed by atoms with van der Waals surface area (Å²) in [5.41, 5.74) is 0. The van der Waals surface area contributed by atoms with E-state index in [1.165, 1.54) is 9.75 Å². The van der Waals surface area contributed by atoms with E-state index < -0.39 is 0 Å². The molecule has 0 atom stereocenters. The third-order valence-electron chi connectivity index (χ3n) is 1.67. The van der Waals surface area contributed by atoms with E-state index in [0.717, 1.165) is 6.42 Å². The molecule has 1 aromatic rings. The number of thiophene rings is 1. The van der Waals surface area contributed by atoms with Crippen molar-refractivity contribution in [2.75, 3.05) is 7.05 Å². The Hall–Kier alpha value is -0.830. The van der Waals surface area contributed by atoms with Crippen LogP contribution >= 0.6 is 11.3 Å². The highest BCUT2D eigenvalue weighted by Crippen LogP contribution is 2.16. The summed E-state index contributed by atoms with van der Waals surface area (Å²) < 4.78 is 0. The van der Waals surface area contributed by atoms with Gasteiger partial charge in [-0.1, -0.05) is 0 Å². The third-order valence-corrected chi connectivity index (χ3v) is 2.73. The lowest BCUT2D eigenvalue weighted by atomic mass is 10.2. The maximum atomic E-state index is 10.9. The molecule has 0 fully saturated rings. The Labute approximate surface area is 76.6 Å². The standard InChI is InChI=1S/C9H13NOS/c1-7-3-4-8(12-7)5-6-9(11)10-2/h3-4H,5-6H2,1-2H3,(H,10,11). The smallest absolute Gasteiger partial charge is 0.220 e. The molecule has 12 heavy (non-hydrogen) atoms. The highest BCUT2D eigenvalue weighted by atomic mass is 32.1. The van der Waals surface area contributed by atoms with Crippen LogP contribution in [0, 0.1) is 6.92 Å². The van der Waals surface area contributed by atoms with Crippen LogP contribution < -0.4 is 5.32 Å². The van der Waals surface area contributed by atoms with Gasteiger partial charge in [0.05, 0.1) is 0 Å². The largest absolute Gasteiger partial charge is 0.359 e. The maximum Gasteiger partial charge on any atom is 0.220 e. The molecule has 0 aliphatic heterocycles. The van der Waals surface area contributed by atoms with Crippen molar-refractivity contribution in [3.8, 4) is 0 Å². The summed E-state index contributed by atoms with van der Waals surface area (Å²) >= 11 is 1.76. The molecule has 2 nitrogen and oxygen atoms in total. The van der Waals surface area contributed by atoms with Crippen molar-refractivity contribution < 1.29 is 4.79 Å². The van der Waals surface area contributed by atoms with E-state index in [-0.39, 0.29) is 5.91 Å². The van der Waals surface area contributed by atoms with Crippen molar-refractivity contribution in [2.24, 2.45) is 0 Å². The van der Waals surface area contributed by atoms with Gasteiger partial charge in [-0.15, -0.1) is 11.3 Å². The van der Waals surface area contributed by atoms with Crippen LogP contribution in [0.4, 0.5) is 0 Å². The predicted molar refractivity (Wildman–Crippen MR) is 51.4 cm³/mol. The first-order chi connectivity index (χ1) is 5.72. The highest BCUT2D eigenvalue weighted by Gasteiger charge is 2.00. The molecule has 0 bridgehead atoms. The molecular weight excluding hydrogens is 170 g/mol. The number of carbonyl (C=O) groups excluding carboxylic acids is 1. The molecule has 1 N–H and O–H groups in total. The Morgan fingerprint density at radius 2 is 2.33 bits per heavy atom. The molecule has 66 valence electrons. The lowest BCUT2D eigenvalue weighted by molar-refractivity contribution is -0.120. The molecule has 0 saturated heterocycles. The van der Waals surface area contributed by atoms with Crippen molar-refractivity contribution in [3.63, 3.8) is 0 Å². The molecule has 0 aromatic carbocycles. The van der Waals surface area contributed by atoms with E-state index in [1.54, 1.807) is 18.4 Å². The van der Waals surface area contributed by atoms with Gasteiger partial charge in [0.1, 0.15) is 0 Å². The van der Waals surface area contributed by atoms with Crippen LogP contribution in [0.1, 0.15) is 16.2 Å². The van der Waals surface area contributed by atoms with Gasteiger partial charge in [-0.2, -0.15) is 0 Å². The van der Waals surface area contributed by atoms with E-state index in [0.29, 0.717) is 6.42 Å². The van der Waals surface area contributed by atoms with Crippen LogP contribution in [0.3, 0.4) is 0 Å². The van der Waals surface area contributed by atoms with Crippen molar-refractivity contribution >= 4 is 17.2 Å². The molecule has 0 aliphatic carbocycles. The predicted octanol–water partition coefficient (Wildman–Crippen LogP) is 1.74. The fourth-order valence-corrected chi connectivity index (χ4v) is 1.87. The Morgan fingerprint density at radius 1 is 1.58 bits per heavy atom. The fraction of sp³-hybridized carbons (Fsp3) is 0.444. The first kappa shape index (κ1) is 9.26. The zero-order chi connectivity index (χ0) is 8.97. The molecule has 3 heteroatoms. The minimum Gasteiger partial charge on any atom is -0.359 e. The molecule has 0 saturated carbocycles. The second-order valence-electron chi connectivity index (χ2n) is 2.69. The van der Waals surface area contributed by atoms with Gasteiger partial charge >= 0.3 is 0 Å². The van der Waals surface area contributed by atoms with Crippen LogP contribution in [-0.4, -0.2) is 13.0 Å². The number of aryl methyl sites for hydroxylation is 2. The molecule has 0 aliphatic rings. The zero-order valence-corrected chi connectivity index (χ0v) is 8.20. The Morgan fingerprint density at radius 3 is 2.83 bits per heavy atom. The van der Waals surface area contributed by atoms with Gasteiger partial charge in [0.25, 0.3) is 0 Å². The van der Waals surface area contributed by atoms with Gasteiger partial charge in [0.15, 0.2) is 0 Å². The number of hydrogen-bond acceptors (Lipinski definition) is 2. The number of rotatable bonds is 3. The molecule has 1 amide bonds. The Kier molecular flexibility index (Phi) is 3.29. The van der Waals surface area contributed by atoms with Gasteiger partial charge in [-0.3, -0.25) is 4.79 Å². The summed E-state index contributed by atoms with van der Waals surface area (Å²) in [5, 5.41) is 2.61. The van der Waals surface area contributed by atoms with E-state index in [4.69, 9.17) is 0 Å². The van der Waals surface area contributed by atoms with E-state index >= 15 is 0 Å². The minimum atomic E-state index is 0.112. The topological polar surface area (TPSA) is 29.1 Å². The highest BCUT2D eigenvalue weighted by molar-refractivity contribution is 7.11. The van der Waals surface area contributed by atoms with Gasteiger partial charge in [-0.25, -0.2) is 0 Å². The Balaban J connectivity index is 2.38. The summed E-state index contributed by atoms with van der Waals surface area (Å²) in [6.45, 7) is 2.08. The van der Waals surface area contributed by atoms with Gasteiger partial charge in [-0.05, 0) is 25.5 Å². The minimum absolute atomic E-state index is 0.112. The van der Waals surface area contributed by atoms with E-state index in [2.05, 4.69) is 24.4 Å². The molecular formula is C9H13NOS. The summed E-state index contributed by atoms with van der Waals surface area (Å²) in [5.74, 6) is 0.112. The van der Waals surface area contributed by atoms with Crippen LogP contribution in [0.5, 0.6) is 0 Å². The van der Waals surface area contributed by atoms with E-state index in [9.17, 15) is 4.79 Å². The maximum absolute atomic E-state index is 10.9. The molecule has 1 aromatic heterocycles. The van der Waals surface area contributed by atoms with Crippen molar-refractivity contribution in [1.82, 2.24) is 5.32 Å². The third kappa shape index (κ3) is 2.66. The fourth-order valence-electron chi connectivity index (χ4n) is 0.981. The zero-order valence-electron chi connectivity index (χ0n) is 7.39. The van der Waals surface area contributed by atoms with Gasteiger partial charge in [0, 0.05) is 23.2 Å². The second-order valence-corrected chi connectivity index (χ2v) is 4.06. The summed E-state index contributed by atoms with van der Waals surface area (Å²) in [6.07, 6.45) is 1.45. The molecule has 1 heterocycles. The molecule has 0 spiro atoms. The van der Waals surface area contributed by atoms with Crippen LogP contribution in [0.2, 0.25) is 0 Å². The van der Waals surface area contributed by atoms with Crippen LogP contribution in [0.25, 0.3) is 0 Å². The Bertz CT molecular complexity index is 267. The number of amides is 1. The average Bonchev–Trinajstić information content (AvgIpc) is 2.47. The monoisotopic (exact) mass is 183 g/mol. The van der Waals surface area contributed by atoms with Crippen molar-refractivity contribution in [1.29, 1.82) is 0 Å². The number of nitrogens with one attached hydrogen (secondary N) is 1. The SMILES string of the molecule is CNC(=O)CCc1ccc(C)s1. The lowest BCUT2D eigenvalue weighted by Gasteiger charge is -1.96. The van der Waals surface area contributed by atoms with Crippen LogP contribution in [-0.2, 0) is 11.2 Å². The number of hydrogen-bond donors (Lipinski definition) is 1. The first-order valence-corrected chi connectivity index (χ1v) is 4.80. The van der Waals surface area contributed by atoms with Gasteiger partial charge < -0.3 is 5.32 Å². The lowest BCUT2D eigenvalue weighted by Crippen LogP contribution is -2.17. The summed E-state index contributed by atoms with van der Waals surface area (Å²) in [7, 11) is 1.67. The number of carbonyl (C=O) groups is 1. The van der Waals surface area contributed by atoms with Crippen LogP contribution in [0.15, 0.2) is 12.1 Å². The molecule has 0 radical (unpaired) electrons. The molecule has 0 unspecified atom stereocenters. The first-order valence-electron chi connectivity index (χ1n) is 3.98. The van der Waals surface area contributed by atoms with Crippen molar-refractivity contribution in [3.05, 3.63) is 21.9 Å². The quantitative estimate of drug-likeness (QED) is 0.759. The normalized spacial score (nSPS) is 9.83. The average molecular weight is 183 g/mol. The van der Waals surface area contributed by atoms with Crippen molar-refractivity contribution in [2.45, 2.75) is 19.8 Å². The summed E-state index contributed by atoms with van der Waals surface area (Å²) in [4.78, 5) is 13.5. The van der Waals surface area contributed by atoms with Gasteiger partial charge in [0.2, 0.25) is 5.91 Å². The van der Waals surface area contributed by atoms with E-state index in [1.807, 2.05) is 0 Å². The second kappa shape index (κ2) is 4.26. The molecule has 1 rings (SSSR count).